The van der Waals surface area contributed by atoms with Crippen LogP contribution >= 0.6 is 23.2 Å². The molecule has 1 aliphatic rings. The van der Waals surface area contributed by atoms with Gasteiger partial charge in [0, 0.05) is 32.7 Å². The zero-order valence-electron chi connectivity index (χ0n) is 17.5. The van der Waals surface area contributed by atoms with E-state index in [0.717, 1.165) is 30.8 Å². The highest BCUT2D eigenvalue weighted by molar-refractivity contribution is 6.42. The lowest BCUT2D eigenvalue weighted by Crippen LogP contribution is -2.48. The molecule has 0 aromatic heterocycles. The van der Waals surface area contributed by atoms with Crippen LogP contribution in [0, 0.1) is 0 Å². The molecule has 0 spiro atoms. The summed E-state index contributed by atoms with van der Waals surface area (Å²) >= 11 is 12.1. The molecule has 0 saturated carbocycles. The van der Waals surface area contributed by atoms with Crippen LogP contribution in [0.15, 0.2) is 42.5 Å². The molecular formula is C23H29Cl2N3O2. The molecule has 1 heterocycles. The lowest BCUT2D eigenvalue weighted by Gasteiger charge is -2.33. The first-order valence-electron chi connectivity index (χ1n) is 10.3. The number of carbonyl (C=O) groups is 1. The molecule has 2 amide bonds. The maximum atomic E-state index is 12.2. The summed E-state index contributed by atoms with van der Waals surface area (Å²) in [6, 6.07) is 13.8. The van der Waals surface area contributed by atoms with Gasteiger partial charge < -0.3 is 15.4 Å². The summed E-state index contributed by atoms with van der Waals surface area (Å²) in [6.45, 7) is 8.30. The number of rotatable bonds is 7. The average molecular weight is 450 g/mol. The molecular weight excluding hydrogens is 421 g/mol. The number of carbonyl (C=O) groups excluding carboxylic acids is 1. The van der Waals surface area contributed by atoms with Crippen LogP contribution in [0.2, 0.25) is 10.0 Å². The second-order valence-electron chi connectivity index (χ2n) is 7.94. The lowest BCUT2D eigenvalue weighted by molar-refractivity contribution is -0.0287. The van der Waals surface area contributed by atoms with E-state index < -0.39 is 0 Å². The number of benzene rings is 2. The number of nitrogens with zero attached hydrogens (tertiary/aromatic N) is 1. The van der Waals surface area contributed by atoms with Crippen LogP contribution in [0.25, 0.3) is 0 Å². The summed E-state index contributed by atoms with van der Waals surface area (Å²) in [7, 11) is 0. The molecule has 1 unspecified atom stereocenters. The van der Waals surface area contributed by atoms with Gasteiger partial charge in [0.15, 0.2) is 0 Å². The zero-order valence-corrected chi connectivity index (χ0v) is 19.0. The Balaban J connectivity index is 1.40. The van der Waals surface area contributed by atoms with Gasteiger partial charge >= 0.3 is 6.03 Å². The number of urea groups is 1. The van der Waals surface area contributed by atoms with Crippen molar-refractivity contribution in [1.82, 2.24) is 15.5 Å². The Kier molecular flexibility index (Phi) is 8.40. The summed E-state index contributed by atoms with van der Waals surface area (Å²) in [6.07, 6.45) is -0.0439. The average Bonchev–Trinajstić information content (AvgIpc) is 2.74. The van der Waals surface area contributed by atoms with Crippen molar-refractivity contribution >= 4 is 29.2 Å². The standard InChI is InChI=1S/C23H29Cl2N3O2/c1-16(2)19-6-3-17(4-7-19)12-26-23(29)27-13-20-15-28(9-10-30-20)14-18-5-8-21(24)22(25)11-18/h3-8,11,16,20H,9-10,12-15H2,1-2H3,(H2,26,27,29). The van der Waals surface area contributed by atoms with E-state index in [1.54, 1.807) is 0 Å². The number of halogens is 2. The highest BCUT2D eigenvalue weighted by Crippen LogP contribution is 2.23. The molecule has 0 radical (unpaired) electrons. The monoisotopic (exact) mass is 449 g/mol. The molecule has 3 rings (SSSR count). The van der Waals surface area contributed by atoms with Gasteiger partial charge in [-0.1, -0.05) is 67.4 Å². The van der Waals surface area contributed by atoms with E-state index in [4.69, 9.17) is 27.9 Å². The van der Waals surface area contributed by atoms with Crippen LogP contribution in [-0.4, -0.2) is 43.3 Å². The predicted molar refractivity (Wildman–Crippen MR) is 122 cm³/mol. The molecule has 7 heteroatoms. The summed E-state index contributed by atoms with van der Waals surface area (Å²) in [4.78, 5) is 14.5. The van der Waals surface area contributed by atoms with Crippen LogP contribution in [0.5, 0.6) is 0 Å². The maximum Gasteiger partial charge on any atom is 0.315 e. The molecule has 0 bridgehead atoms. The van der Waals surface area contributed by atoms with Crippen LogP contribution in [0.4, 0.5) is 4.79 Å². The highest BCUT2D eigenvalue weighted by atomic mass is 35.5. The van der Waals surface area contributed by atoms with E-state index in [1.807, 2.05) is 18.2 Å². The van der Waals surface area contributed by atoms with E-state index in [9.17, 15) is 4.79 Å². The SMILES string of the molecule is CC(C)c1ccc(CNC(=O)NCC2CN(Cc3ccc(Cl)c(Cl)c3)CCO2)cc1. The van der Waals surface area contributed by atoms with Crippen molar-refractivity contribution in [2.75, 3.05) is 26.2 Å². The van der Waals surface area contributed by atoms with Gasteiger partial charge in [0.05, 0.1) is 22.8 Å². The molecule has 2 aromatic rings. The van der Waals surface area contributed by atoms with Crippen molar-refractivity contribution in [2.45, 2.75) is 39.0 Å². The molecule has 2 aromatic carbocycles. The minimum atomic E-state index is -0.187. The Hall–Kier alpha value is -1.79. The molecule has 162 valence electrons. The maximum absolute atomic E-state index is 12.2. The summed E-state index contributed by atoms with van der Waals surface area (Å²) in [5, 5.41) is 6.94. The normalized spacial score (nSPS) is 17.2. The third-order valence-electron chi connectivity index (χ3n) is 5.20. The lowest BCUT2D eigenvalue weighted by atomic mass is 10.0. The molecule has 0 aliphatic carbocycles. The molecule has 30 heavy (non-hydrogen) atoms. The van der Waals surface area contributed by atoms with Crippen molar-refractivity contribution < 1.29 is 9.53 Å². The van der Waals surface area contributed by atoms with E-state index in [2.05, 4.69) is 53.6 Å². The number of amides is 2. The fourth-order valence-corrected chi connectivity index (χ4v) is 3.74. The molecule has 1 fully saturated rings. The fraction of sp³-hybridized carbons (Fsp3) is 0.435. The number of hydrogen-bond donors (Lipinski definition) is 2. The van der Waals surface area contributed by atoms with E-state index in [0.29, 0.717) is 35.7 Å². The first-order chi connectivity index (χ1) is 14.4. The van der Waals surface area contributed by atoms with Gasteiger partial charge in [-0.05, 0) is 34.7 Å². The molecule has 1 atom stereocenters. The first kappa shape index (κ1) is 22.9. The van der Waals surface area contributed by atoms with Crippen LogP contribution in [0.1, 0.15) is 36.5 Å². The first-order valence-corrected chi connectivity index (χ1v) is 11.0. The minimum Gasteiger partial charge on any atom is -0.374 e. The Labute approximate surface area is 188 Å². The second kappa shape index (κ2) is 11.0. The Bertz CT molecular complexity index is 843. The third-order valence-corrected chi connectivity index (χ3v) is 5.94. The zero-order chi connectivity index (χ0) is 21.5. The van der Waals surface area contributed by atoms with Gasteiger partial charge in [-0.15, -0.1) is 0 Å². The van der Waals surface area contributed by atoms with Gasteiger partial charge in [0.2, 0.25) is 0 Å². The molecule has 1 saturated heterocycles. The van der Waals surface area contributed by atoms with Gasteiger partial charge in [0.1, 0.15) is 0 Å². The van der Waals surface area contributed by atoms with Crippen molar-refractivity contribution in [1.29, 1.82) is 0 Å². The molecule has 1 aliphatic heterocycles. The Morgan fingerprint density at radius 1 is 1.10 bits per heavy atom. The molecule has 2 N–H and O–H groups in total. The topological polar surface area (TPSA) is 53.6 Å². The van der Waals surface area contributed by atoms with Crippen LogP contribution in [0.3, 0.4) is 0 Å². The van der Waals surface area contributed by atoms with Crippen molar-refractivity contribution in [3.05, 3.63) is 69.2 Å². The predicted octanol–water partition coefficient (Wildman–Crippen LogP) is 4.82. The van der Waals surface area contributed by atoms with E-state index >= 15 is 0 Å². The minimum absolute atomic E-state index is 0.0439. The molecule has 5 nitrogen and oxygen atoms in total. The Morgan fingerprint density at radius 3 is 2.53 bits per heavy atom. The highest BCUT2D eigenvalue weighted by Gasteiger charge is 2.21. The smallest absolute Gasteiger partial charge is 0.315 e. The quantitative estimate of drug-likeness (QED) is 0.636. The summed E-state index contributed by atoms with van der Waals surface area (Å²) < 4.78 is 5.81. The van der Waals surface area contributed by atoms with E-state index in [-0.39, 0.29) is 12.1 Å². The van der Waals surface area contributed by atoms with Crippen molar-refractivity contribution in [3.63, 3.8) is 0 Å². The van der Waals surface area contributed by atoms with Crippen LogP contribution < -0.4 is 10.6 Å². The van der Waals surface area contributed by atoms with E-state index in [1.165, 1.54) is 5.56 Å². The largest absolute Gasteiger partial charge is 0.374 e. The second-order valence-corrected chi connectivity index (χ2v) is 8.75. The van der Waals surface area contributed by atoms with Gasteiger partial charge in [-0.3, -0.25) is 4.90 Å². The van der Waals surface area contributed by atoms with Crippen LogP contribution in [-0.2, 0) is 17.8 Å². The number of nitrogens with one attached hydrogen (secondary N) is 2. The Morgan fingerprint density at radius 2 is 1.83 bits per heavy atom. The number of hydrogen-bond acceptors (Lipinski definition) is 3. The number of morpholine rings is 1. The third kappa shape index (κ3) is 6.88. The van der Waals surface area contributed by atoms with Crippen molar-refractivity contribution in [2.24, 2.45) is 0 Å². The van der Waals surface area contributed by atoms with Crippen molar-refractivity contribution in [3.8, 4) is 0 Å². The number of ether oxygens (including phenoxy) is 1. The fourth-order valence-electron chi connectivity index (χ4n) is 3.42. The van der Waals surface area contributed by atoms with Gasteiger partial charge in [0.25, 0.3) is 0 Å². The van der Waals surface area contributed by atoms with Gasteiger partial charge in [-0.2, -0.15) is 0 Å². The van der Waals surface area contributed by atoms with Gasteiger partial charge in [-0.25, -0.2) is 4.79 Å². The summed E-state index contributed by atoms with van der Waals surface area (Å²) in [5.74, 6) is 0.502. The summed E-state index contributed by atoms with van der Waals surface area (Å²) in [5.41, 5.74) is 3.48.